The largest absolute Gasteiger partial charge is 0.493 e. The van der Waals surface area contributed by atoms with Crippen molar-refractivity contribution in [3.05, 3.63) is 53.9 Å². The Balaban J connectivity index is 1.50. The molecule has 1 aromatic carbocycles. The van der Waals surface area contributed by atoms with Crippen molar-refractivity contribution in [3.8, 4) is 11.5 Å². The number of benzene rings is 1. The van der Waals surface area contributed by atoms with E-state index in [0.29, 0.717) is 30.0 Å². The van der Waals surface area contributed by atoms with Gasteiger partial charge in [-0.05, 0) is 50.2 Å². The van der Waals surface area contributed by atoms with E-state index < -0.39 is 6.10 Å². The Hall–Kier alpha value is -2.15. The molecule has 0 bridgehead atoms. The van der Waals surface area contributed by atoms with Crippen LogP contribution < -0.4 is 9.47 Å². The van der Waals surface area contributed by atoms with Gasteiger partial charge in [-0.3, -0.25) is 9.88 Å². The summed E-state index contributed by atoms with van der Waals surface area (Å²) in [5, 5.41) is 10.2. The van der Waals surface area contributed by atoms with Crippen molar-refractivity contribution in [1.29, 1.82) is 0 Å². The molecule has 0 spiro atoms. The summed E-state index contributed by atoms with van der Waals surface area (Å²) in [5.41, 5.74) is 2.51. The highest BCUT2D eigenvalue weighted by atomic mass is 16.5. The summed E-state index contributed by atoms with van der Waals surface area (Å²) in [4.78, 5) is 8.73. The van der Waals surface area contributed by atoms with Crippen LogP contribution in [0.4, 0.5) is 0 Å². The molecule has 1 aromatic heterocycles. The van der Waals surface area contributed by atoms with Crippen LogP contribution in [0.1, 0.15) is 30.9 Å². The number of rotatable bonds is 10. The Morgan fingerprint density at radius 1 is 1.24 bits per heavy atom. The molecule has 6 nitrogen and oxygen atoms in total. The van der Waals surface area contributed by atoms with E-state index in [0.717, 1.165) is 19.6 Å². The van der Waals surface area contributed by atoms with Crippen LogP contribution in [-0.4, -0.2) is 72.4 Å². The number of nitrogens with zero attached hydrogens (tertiary/aromatic N) is 3. The number of hydrogen-bond donors (Lipinski definition) is 1. The molecular weight excluding hydrogens is 366 g/mol. The first-order valence-electron chi connectivity index (χ1n) is 10.3. The van der Waals surface area contributed by atoms with Crippen LogP contribution in [0.15, 0.2) is 42.7 Å². The maximum atomic E-state index is 10.2. The van der Waals surface area contributed by atoms with Crippen molar-refractivity contribution >= 4 is 0 Å². The van der Waals surface area contributed by atoms with Gasteiger partial charge in [0, 0.05) is 50.5 Å². The number of pyridine rings is 1. The molecule has 3 rings (SSSR count). The molecule has 0 radical (unpaired) electrons. The van der Waals surface area contributed by atoms with Crippen LogP contribution in [0.25, 0.3) is 0 Å². The molecular formula is C23H33N3O3. The van der Waals surface area contributed by atoms with Crippen LogP contribution in [0.5, 0.6) is 11.5 Å². The molecule has 1 N–H and O–H groups in total. The van der Waals surface area contributed by atoms with Gasteiger partial charge in [0.2, 0.25) is 0 Å². The number of aromatic nitrogens is 1. The molecule has 1 atom stereocenters. The lowest BCUT2D eigenvalue weighted by Gasteiger charge is -2.39. The standard InChI is InChI=1S/C23H33N3O3/c1-17(2)25(3)15-21(27)16-29-22-8-7-18(10-23(22)28-4)12-26-13-20(14-26)19-6-5-9-24-11-19/h5-11,17,20-21,27H,12-16H2,1-4H3/t21-/m0/s1. The van der Waals surface area contributed by atoms with E-state index in [-0.39, 0.29) is 6.61 Å². The van der Waals surface area contributed by atoms with Crippen LogP contribution in [0.3, 0.4) is 0 Å². The second kappa shape index (κ2) is 10.1. The first-order valence-corrected chi connectivity index (χ1v) is 10.3. The van der Waals surface area contributed by atoms with Crippen molar-refractivity contribution in [2.75, 3.05) is 40.4 Å². The van der Waals surface area contributed by atoms with E-state index in [1.54, 1.807) is 7.11 Å². The summed E-state index contributed by atoms with van der Waals surface area (Å²) in [5.74, 6) is 1.94. The quantitative estimate of drug-likeness (QED) is 0.663. The number of aliphatic hydroxyl groups is 1. The predicted octanol–water partition coefficient (Wildman–Crippen LogP) is 2.77. The fourth-order valence-electron chi connectivity index (χ4n) is 3.50. The van der Waals surface area contributed by atoms with Gasteiger partial charge < -0.3 is 19.5 Å². The summed E-state index contributed by atoms with van der Waals surface area (Å²) in [7, 11) is 3.65. The van der Waals surface area contributed by atoms with Crippen molar-refractivity contribution in [2.24, 2.45) is 0 Å². The molecule has 6 heteroatoms. The van der Waals surface area contributed by atoms with E-state index in [1.807, 2.05) is 37.6 Å². The van der Waals surface area contributed by atoms with Gasteiger partial charge in [-0.1, -0.05) is 12.1 Å². The first kappa shape index (κ1) is 21.6. The van der Waals surface area contributed by atoms with Crippen LogP contribution in [-0.2, 0) is 6.54 Å². The molecule has 0 aliphatic carbocycles. The first-order chi connectivity index (χ1) is 14.0. The molecule has 2 heterocycles. The van der Waals surface area contributed by atoms with Crippen LogP contribution >= 0.6 is 0 Å². The molecule has 1 aliphatic rings. The minimum Gasteiger partial charge on any atom is -0.493 e. The Morgan fingerprint density at radius 3 is 2.69 bits per heavy atom. The zero-order chi connectivity index (χ0) is 20.8. The van der Waals surface area contributed by atoms with Crippen LogP contribution in [0, 0.1) is 0 Å². The molecule has 29 heavy (non-hydrogen) atoms. The van der Waals surface area contributed by atoms with Gasteiger partial charge in [0.1, 0.15) is 12.7 Å². The van der Waals surface area contributed by atoms with E-state index in [1.165, 1.54) is 11.1 Å². The number of hydrogen-bond acceptors (Lipinski definition) is 6. The Labute approximate surface area is 174 Å². The fraction of sp³-hybridized carbons (Fsp3) is 0.522. The third-order valence-electron chi connectivity index (χ3n) is 5.56. The summed E-state index contributed by atoms with van der Waals surface area (Å²) in [6.45, 7) is 7.99. The van der Waals surface area contributed by atoms with Gasteiger partial charge in [-0.15, -0.1) is 0 Å². The molecule has 158 valence electrons. The zero-order valence-corrected chi connectivity index (χ0v) is 17.9. The average molecular weight is 400 g/mol. The monoisotopic (exact) mass is 399 g/mol. The average Bonchev–Trinajstić information content (AvgIpc) is 2.69. The van der Waals surface area contributed by atoms with Gasteiger partial charge in [0.25, 0.3) is 0 Å². The lowest BCUT2D eigenvalue weighted by molar-refractivity contribution is 0.0668. The Kier molecular flexibility index (Phi) is 7.47. The second-order valence-corrected chi connectivity index (χ2v) is 8.16. The third kappa shape index (κ3) is 5.92. The number of likely N-dealkylation sites (tertiary alicyclic amines) is 1. The third-order valence-corrected chi connectivity index (χ3v) is 5.56. The maximum absolute atomic E-state index is 10.2. The highest BCUT2D eigenvalue weighted by molar-refractivity contribution is 5.43. The molecule has 0 unspecified atom stereocenters. The van der Waals surface area contributed by atoms with Crippen molar-refractivity contribution in [3.63, 3.8) is 0 Å². The normalized spacial score (nSPS) is 16.1. The summed E-state index contributed by atoms with van der Waals surface area (Å²) in [6, 6.07) is 10.6. The minimum atomic E-state index is -0.544. The summed E-state index contributed by atoms with van der Waals surface area (Å²) in [6.07, 6.45) is 3.24. The molecule has 1 aliphatic heterocycles. The van der Waals surface area contributed by atoms with E-state index in [9.17, 15) is 5.11 Å². The maximum Gasteiger partial charge on any atom is 0.161 e. The number of aliphatic hydroxyl groups excluding tert-OH is 1. The van der Waals surface area contributed by atoms with Gasteiger partial charge in [-0.25, -0.2) is 0 Å². The molecule has 1 saturated heterocycles. The SMILES string of the molecule is COc1cc(CN2CC(c3cccnc3)C2)ccc1OC[C@@H](O)CN(C)C(C)C. The van der Waals surface area contributed by atoms with Crippen LogP contribution in [0.2, 0.25) is 0 Å². The number of methoxy groups -OCH3 is 1. The lowest BCUT2D eigenvalue weighted by Crippen LogP contribution is -2.44. The van der Waals surface area contributed by atoms with Gasteiger partial charge in [0.05, 0.1) is 7.11 Å². The van der Waals surface area contributed by atoms with Gasteiger partial charge in [-0.2, -0.15) is 0 Å². The summed E-state index contributed by atoms with van der Waals surface area (Å²) < 4.78 is 11.3. The van der Waals surface area contributed by atoms with Gasteiger partial charge >= 0.3 is 0 Å². The number of ether oxygens (including phenoxy) is 2. The molecule has 0 saturated carbocycles. The second-order valence-electron chi connectivity index (χ2n) is 8.16. The Morgan fingerprint density at radius 2 is 2.03 bits per heavy atom. The highest BCUT2D eigenvalue weighted by Crippen LogP contribution is 2.31. The highest BCUT2D eigenvalue weighted by Gasteiger charge is 2.28. The number of likely N-dealkylation sites (N-methyl/N-ethyl adjacent to an activating group) is 1. The zero-order valence-electron chi connectivity index (χ0n) is 17.9. The predicted molar refractivity (Wildman–Crippen MR) is 115 cm³/mol. The molecule has 2 aromatic rings. The fourth-order valence-corrected chi connectivity index (χ4v) is 3.50. The topological polar surface area (TPSA) is 58.1 Å². The smallest absolute Gasteiger partial charge is 0.161 e. The lowest BCUT2D eigenvalue weighted by atomic mass is 9.92. The van der Waals surface area contributed by atoms with Crippen molar-refractivity contribution < 1.29 is 14.6 Å². The van der Waals surface area contributed by atoms with E-state index in [4.69, 9.17) is 9.47 Å². The molecule has 1 fully saturated rings. The van der Waals surface area contributed by atoms with Crippen molar-refractivity contribution in [2.45, 2.75) is 38.5 Å². The van der Waals surface area contributed by atoms with E-state index >= 15 is 0 Å². The van der Waals surface area contributed by atoms with Gasteiger partial charge in [0.15, 0.2) is 11.5 Å². The summed E-state index contributed by atoms with van der Waals surface area (Å²) >= 11 is 0. The van der Waals surface area contributed by atoms with Crippen molar-refractivity contribution in [1.82, 2.24) is 14.8 Å². The minimum absolute atomic E-state index is 0.242. The Bertz CT molecular complexity index is 763. The van der Waals surface area contributed by atoms with E-state index in [2.05, 4.69) is 40.8 Å². The molecule has 0 amide bonds.